The van der Waals surface area contributed by atoms with E-state index in [1.807, 2.05) is 19.2 Å². The minimum Gasteiger partial charge on any atom is -0.381 e. The van der Waals surface area contributed by atoms with Crippen molar-refractivity contribution in [3.8, 4) is 0 Å². The summed E-state index contributed by atoms with van der Waals surface area (Å²) in [6.45, 7) is 7.90. The van der Waals surface area contributed by atoms with Gasteiger partial charge in [-0.3, -0.25) is 0 Å². The lowest BCUT2D eigenvalue weighted by Gasteiger charge is -2.61. The Hall–Kier alpha value is -0.600. The summed E-state index contributed by atoms with van der Waals surface area (Å²) in [4.78, 5) is 4.54. The van der Waals surface area contributed by atoms with E-state index in [9.17, 15) is 0 Å². The summed E-state index contributed by atoms with van der Waals surface area (Å²) in [5.74, 6) is 5.33. The fourth-order valence-electron chi connectivity index (χ4n) is 10.7. The van der Waals surface area contributed by atoms with Crippen molar-refractivity contribution in [3.05, 3.63) is 29.0 Å². The fourth-order valence-corrected chi connectivity index (χ4v) is 10.9. The molecule has 5 aliphatic carbocycles. The molecule has 3 heteroatoms. The van der Waals surface area contributed by atoms with Crippen molar-refractivity contribution in [3.63, 3.8) is 0 Å². The summed E-state index contributed by atoms with van der Waals surface area (Å²) in [5.41, 5.74) is 2.76. The Balaban J connectivity index is 1.21. The standard InChI is InChI=1S/C29H42ClNO/c1-18(8-9-20-6-5-7-26(30)31-20)22-10-11-23-21-16-25(32-4)29-17-19(29)12-15-28(29,3)24(21)13-14-27(22,23)2/h5-7,18-19,21-25H,8-17H2,1-4H3/t18-,19-,21+,22-,23+,24+,25?,27-,28-,29?/m1/s1. The van der Waals surface area contributed by atoms with Crippen LogP contribution in [-0.4, -0.2) is 18.2 Å². The smallest absolute Gasteiger partial charge is 0.129 e. The Morgan fingerprint density at radius 3 is 2.72 bits per heavy atom. The second-order valence-electron chi connectivity index (χ2n) is 12.9. The van der Waals surface area contributed by atoms with Gasteiger partial charge in [-0.2, -0.15) is 0 Å². The molecular weight excluding hydrogens is 414 g/mol. The quantitative estimate of drug-likeness (QED) is 0.426. The second-order valence-corrected chi connectivity index (χ2v) is 13.3. The van der Waals surface area contributed by atoms with E-state index in [1.54, 1.807) is 0 Å². The minimum absolute atomic E-state index is 0.517. The van der Waals surface area contributed by atoms with Crippen LogP contribution >= 0.6 is 11.6 Å². The van der Waals surface area contributed by atoms with Crippen LogP contribution < -0.4 is 0 Å². The Kier molecular flexibility index (Phi) is 5.10. The van der Waals surface area contributed by atoms with Gasteiger partial charge in [-0.25, -0.2) is 4.98 Å². The van der Waals surface area contributed by atoms with E-state index >= 15 is 0 Å². The first-order chi connectivity index (χ1) is 15.3. The highest BCUT2D eigenvalue weighted by molar-refractivity contribution is 6.29. The highest BCUT2D eigenvalue weighted by Crippen LogP contribution is 2.82. The van der Waals surface area contributed by atoms with Gasteiger partial charge in [0.1, 0.15) is 5.15 Å². The molecule has 0 aliphatic heterocycles. The first kappa shape index (κ1) is 21.9. The number of nitrogens with zero attached hydrogens (tertiary/aromatic N) is 1. The molecule has 2 unspecified atom stereocenters. The molecule has 1 spiro atoms. The number of halogens is 1. The van der Waals surface area contributed by atoms with E-state index in [0.29, 0.717) is 27.5 Å². The number of pyridine rings is 1. The zero-order chi connectivity index (χ0) is 22.3. The van der Waals surface area contributed by atoms with Crippen molar-refractivity contribution in [2.45, 2.75) is 91.1 Å². The van der Waals surface area contributed by atoms with Crippen molar-refractivity contribution in [1.29, 1.82) is 0 Å². The Labute approximate surface area is 200 Å². The van der Waals surface area contributed by atoms with Crippen molar-refractivity contribution in [1.82, 2.24) is 4.98 Å². The lowest BCUT2D eigenvalue weighted by molar-refractivity contribution is -0.161. The first-order valence-electron chi connectivity index (χ1n) is 13.5. The molecule has 0 radical (unpaired) electrons. The Bertz CT molecular complexity index is 888. The van der Waals surface area contributed by atoms with Crippen LogP contribution in [0.5, 0.6) is 0 Å². The SMILES string of the molecule is COC1C[C@H]2[C@@H]3CC[C@H]([C@H](C)CCc4cccc(Cl)n4)[C@@]3(C)CC[C@@H]2[C@@]2(C)CC[C@@H]3CC132. The van der Waals surface area contributed by atoms with Crippen molar-refractivity contribution >= 4 is 11.6 Å². The third kappa shape index (κ3) is 2.84. The van der Waals surface area contributed by atoms with E-state index in [2.05, 4.69) is 31.8 Å². The van der Waals surface area contributed by atoms with Crippen LogP contribution in [0.1, 0.15) is 84.3 Å². The maximum Gasteiger partial charge on any atom is 0.129 e. The van der Waals surface area contributed by atoms with Crippen LogP contribution in [-0.2, 0) is 11.2 Å². The molecule has 176 valence electrons. The molecule has 5 fully saturated rings. The predicted octanol–water partition coefficient (Wildman–Crippen LogP) is 7.59. The highest BCUT2D eigenvalue weighted by atomic mass is 35.5. The maximum atomic E-state index is 6.30. The number of rotatable bonds is 5. The number of hydrogen-bond donors (Lipinski definition) is 0. The predicted molar refractivity (Wildman–Crippen MR) is 131 cm³/mol. The number of aromatic nitrogens is 1. The highest BCUT2D eigenvalue weighted by Gasteiger charge is 2.77. The summed E-state index contributed by atoms with van der Waals surface area (Å²) in [6, 6.07) is 6.06. The average molecular weight is 456 g/mol. The third-order valence-corrected chi connectivity index (χ3v) is 12.4. The molecule has 0 bridgehead atoms. The van der Waals surface area contributed by atoms with Gasteiger partial charge in [0.25, 0.3) is 0 Å². The molecule has 0 saturated heterocycles. The van der Waals surface area contributed by atoms with Crippen LogP contribution in [0.2, 0.25) is 5.15 Å². The molecule has 2 nitrogen and oxygen atoms in total. The van der Waals surface area contributed by atoms with Gasteiger partial charge in [-0.1, -0.05) is 38.4 Å². The largest absolute Gasteiger partial charge is 0.381 e. The molecule has 1 aromatic heterocycles. The van der Waals surface area contributed by atoms with Gasteiger partial charge < -0.3 is 4.74 Å². The van der Waals surface area contributed by atoms with Gasteiger partial charge in [0, 0.05) is 18.2 Å². The average Bonchev–Trinajstić information content (AvgIpc) is 3.28. The van der Waals surface area contributed by atoms with Gasteiger partial charge in [-0.15, -0.1) is 0 Å². The van der Waals surface area contributed by atoms with Crippen LogP contribution in [0, 0.1) is 51.8 Å². The summed E-state index contributed by atoms with van der Waals surface area (Å²) in [7, 11) is 2.01. The van der Waals surface area contributed by atoms with Gasteiger partial charge >= 0.3 is 0 Å². The molecule has 0 amide bonds. The van der Waals surface area contributed by atoms with E-state index in [1.165, 1.54) is 57.8 Å². The van der Waals surface area contributed by atoms with Gasteiger partial charge in [0.15, 0.2) is 0 Å². The van der Waals surface area contributed by atoms with Gasteiger partial charge in [0.05, 0.1) is 6.10 Å². The monoisotopic (exact) mass is 455 g/mol. The van der Waals surface area contributed by atoms with Crippen LogP contribution in [0.25, 0.3) is 0 Å². The van der Waals surface area contributed by atoms with E-state index in [-0.39, 0.29) is 0 Å². The molecule has 1 aromatic rings. The van der Waals surface area contributed by atoms with Crippen LogP contribution in [0.3, 0.4) is 0 Å². The number of ether oxygens (including phenoxy) is 1. The first-order valence-corrected chi connectivity index (χ1v) is 13.9. The normalized spacial score (nSPS) is 49.7. The lowest BCUT2D eigenvalue weighted by atomic mass is 9.45. The Morgan fingerprint density at radius 2 is 1.97 bits per heavy atom. The molecular formula is C29H42ClNO. The van der Waals surface area contributed by atoms with Crippen LogP contribution in [0.15, 0.2) is 18.2 Å². The summed E-state index contributed by atoms with van der Waals surface area (Å²) in [5, 5.41) is 0.627. The molecule has 0 N–H and O–H groups in total. The Morgan fingerprint density at radius 1 is 1.12 bits per heavy atom. The van der Waals surface area contributed by atoms with Gasteiger partial charge in [0.2, 0.25) is 0 Å². The second kappa shape index (κ2) is 7.45. The van der Waals surface area contributed by atoms with Crippen molar-refractivity contribution in [2.24, 2.45) is 51.8 Å². The molecule has 32 heavy (non-hydrogen) atoms. The zero-order valence-corrected chi connectivity index (χ0v) is 21.3. The van der Waals surface area contributed by atoms with E-state index < -0.39 is 0 Å². The lowest BCUT2D eigenvalue weighted by Crippen LogP contribution is -2.57. The van der Waals surface area contributed by atoms with Crippen molar-refractivity contribution in [2.75, 3.05) is 7.11 Å². The number of aryl methyl sites for hydroxylation is 1. The maximum absolute atomic E-state index is 6.30. The van der Waals surface area contributed by atoms with Crippen molar-refractivity contribution < 1.29 is 4.74 Å². The molecule has 10 atom stereocenters. The van der Waals surface area contributed by atoms with E-state index in [4.69, 9.17) is 16.3 Å². The molecule has 0 aromatic carbocycles. The minimum atomic E-state index is 0.517. The summed E-state index contributed by atoms with van der Waals surface area (Å²) in [6.07, 6.45) is 14.4. The molecule has 5 aliphatic rings. The van der Waals surface area contributed by atoms with Crippen LogP contribution in [0.4, 0.5) is 0 Å². The molecule has 5 saturated carbocycles. The number of fused-ring (bicyclic) bond motifs is 4. The zero-order valence-electron chi connectivity index (χ0n) is 20.6. The van der Waals surface area contributed by atoms with Gasteiger partial charge in [-0.05, 0) is 123 Å². The third-order valence-electron chi connectivity index (χ3n) is 12.2. The summed E-state index contributed by atoms with van der Waals surface area (Å²) >= 11 is 6.13. The molecule has 6 rings (SSSR count). The number of hydrogen-bond acceptors (Lipinski definition) is 2. The molecule has 1 heterocycles. The topological polar surface area (TPSA) is 22.1 Å². The fraction of sp³-hybridized carbons (Fsp3) is 0.828. The number of methoxy groups -OCH3 is 1. The summed E-state index contributed by atoms with van der Waals surface area (Å²) < 4.78 is 6.30. The van der Waals surface area contributed by atoms with E-state index in [0.717, 1.165) is 47.6 Å².